The van der Waals surface area contributed by atoms with Gasteiger partial charge in [-0.25, -0.2) is 14.3 Å². The largest absolute Gasteiger partial charge is 0.390 e. The first-order chi connectivity index (χ1) is 16.0. The number of aromatic amines is 1. The molecule has 0 bridgehead atoms. The Morgan fingerprint density at radius 1 is 1.09 bits per heavy atom. The number of quaternary nitrogens is 1. The first-order valence-corrected chi connectivity index (χ1v) is 11.2. The molecule has 0 amide bonds. The molecule has 1 unspecified atom stereocenters. The lowest BCUT2D eigenvalue weighted by atomic mass is 10.1. The van der Waals surface area contributed by atoms with Crippen molar-refractivity contribution in [2.75, 3.05) is 13.1 Å². The van der Waals surface area contributed by atoms with E-state index in [1.807, 2.05) is 36.4 Å². The zero-order valence-corrected chi connectivity index (χ0v) is 18.4. The van der Waals surface area contributed by atoms with E-state index in [1.165, 1.54) is 10.8 Å². The lowest BCUT2D eigenvalue weighted by Gasteiger charge is -2.34. The van der Waals surface area contributed by atoms with Gasteiger partial charge in [-0.15, -0.1) is 0 Å². The number of hydrogen-bond donors (Lipinski definition) is 2. The van der Waals surface area contributed by atoms with Crippen LogP contribution in [0, 0.1) is 6.92 Å². The van der Waals surface area contributed by atoms with Crippen LogP contribution < -0.4 is 15.7 Å². The third kappa shape index (κ3) is 3.76. The summed E-state index contributed by atoms with van der Waals surface area (Å²) >= 11 is 0. The molecule has 8 nitrogen and oxygen atoms in total. The fourth-order valence-electron chi connectivity index (χ4n) is 4.92. The van der Waals surface area contributed by atoms with Crippen molar-refractivity contribution < 1.29 is 9.84 Å². The van der Waals surface area contributed by atoms with Gasteiger partial charge in [0.15, 0.2) is 0 Å². The number of hydrogen-bond acceptors (Lipinski definition) is 5. The number of ether oxygens (including phenoxy) is 1. The topological polar surface area (TPSA) is 96.7 Å². The van der Waals surface area contributed by atoms with Crippen molar-refractivity contribution in [1.29, 1.82) is 0 Å². The van der Waals surface area contributed by atoms with Crippen LogP contribution in [0.5, 0.6) is 0 Å². The quantitative estimate of drug-likeness (QED) is 0.588. The Morgan fingerprint density at radius 3 is 2.36 bits per heavy atom. The van der Waals surface area contributed by atoms with Gasteiger partial charge in [-0.05, 0) is 6.92 Å². The zero-order chi connectivity index (χ0) is 23.0. The van der Waals surface area contributed by atoms with Crippen LogP contribution in [0.15, 0.2) is 81.4 Å². The molecule has 3 aromatic rings. The fourth-order valence-corrected chi connectivity index (χ4v) is 4.92. The molecule has 33 heavy (non-hydrogen) atoms. The number of aliphatic hydroxyl groups excluding tert-OH is 1. The summed E-state index contributed by atoms with van der Waals surface area (Å²) in [5, 5.41) is 10.8. The smallest absolute Gasteiger partial charge is 0.330 e. The molecule has 3 heterocycles. The number of H-pyrrole nitrogens is 1. The molecule has 2 aliphatic heterocycles. The van der Waals surface area contributed by atoms with Crippen LogP contribution in [0.4, 0.5) is 11.4 Å². The average Bonchev–Trinajstić information content (AvgIpc) is 3.42. The summed E-state index contributed by atoms with van der Waals surface area (Å²) < 4.78 is 8.00. The Balaban J connectivity index is 1.46. The Bertz CT molecular complexity index is 1240. The molecule has 0 saturated carbocycles. The summed E-state index contributed by atoms with van der Waals surface area (Å²) in [5.74, 6) is 0.919. The number of benzene rings is 2. The van der Waals surface area contributed by atoms with Gasteiger partial charge in [0.1, 0.15) is 24.1 Å². The van der Waals surface area contributed by atoms with Gasteiger partial charge in [0, 0.05) is 42.4 Å². The predicted octanol–water partition coefficient (Wildman–Crippen LogP) is 2.63. The van der Waals surface area contributed by atoms with Crippen LogP contribution in [0.1, 0.15) is 24.6 Å². The first-order valence-electron chi connectivity index (χ1n) is 11.2. The molecule has 0 aliphatic carbocycles. The van der Waals surface area contributed by atoms with E-state index in [1.54, 1.807) is 6.92 Å². The van der Waals surface area contributed by atoms with E-state index in [2.05, 4.69) is 29.2 Å². The maximum Gasteiger partial charge on any atom is 0.330 e. The third-order valence-corrected chi connectivity index (χ3v) is 6.61. The molecule has 2 N–H and O–H groups in total. The number of aromatic nitrogens is 2. The molecular weight excluding hydrogens is 420 g/mol. The summed E-state index contributed by atoms with van der Waals surface area (Å²) in [4.78, 5) is 31.2. The molecule has 8 heteroatoms. The molecule has 1 aromatic heterocycles. The van der Waals surface area contributed by atoms with Crippen molar-refractivity contribution >= 4 is 17.2 Å². The summed E-state index contributed by atoms with van der Waals surface area (Å²) in [6.45, 7) is 3.09. The van der Waals surface area contributed by atoms with Crippen LogP contribution in [0.2, 0.25) is 0 Å². The lowest BCUT2D eigenvalue weighted by molar-refractivity contribution is -0.0169. The second-order valence-corrected chi connectivity index (χ2v) is 8.62. The lowest BCUT2D eigenvalue weighted by Crippen LogP contribution is -2.49. The van der Waals surface area contributed by atoms with Crippen molar-refractivity contribution in [3.8, 4) is 0 Å². The summed E-state index contributed by atoms with van der Waals surface area (Å²) in [5.41, 5.74) is 1.67. The molecule has 1 fully saturated rings. The van der Waals surface area contributed by atoms with Crippen molar-refractivity contribution in [2.45, 2.75) is 38.2 Å². The molecule has 170 valence electrons. The van der Waals surface area contributed by atoms with E-state index in [-0.39, 0.29) is 6.42 Å². The van der Waals surface area contributed by atoms with E-state index in [4.69, 9.17) is 9.73 Å². The van der Waals surface area contributed by atoms with E-state index < -0.39 is 29.7 Å². The highest BCUT2D eigenvalue weighted by atomic mass is 16.5. The molecule has 0 radical (unpaired) electrons. The van der Waals surface area contributed by atoms with Gasteiger partial charge < -0.3 is 9.84 Å². The third-order valence-electron chi connectivity index (χ3n) is 6.61. The molecule has 0 spiro atoms. The van der Waals surface area contributed by atoms with E-state index in [0.717, 1.165) is 23.8 Å². The number of aryl methyl sites for hydroxylation is 1. The van der Waals surface area contributed by atoms with Crippen molar-refractivity contribution in [3.05, 3.63) is 93.3 Å². The molecule has 2 aliphatic rings. The SMILES string of the molecule is Cc1cn([C@H]2CC(O)[C@@H](CC3=NCC[N+]3(c3ccccc3)c3ccccc3)O2)c(=O)[nH]c1=O. The summed E-state index contributed by atoms with van der Waals surface area (Å²) in [6.07, 6.45) is 0.258. The Labute approximate surface area is 191 Å². The van der Waals surface area contributed by atoms with Gasteiger partial charge in [0.2, 0.25) is 5.84 Å². The fraction of sp³-hybridized carbons (Fsp3) is 0.320. The normalized spacial score (nSPS) is 24.1. The van der Waals surface area contributed by atoms with Crippen LogP contribution in [0.3, 0.4) is 0 Å². The standard InChI is InChI=1S/C25H26N4O4/c1-17-16-28(25(32)27-24(17)31)23-14-20(30)21(33-23)15-22-26-12-13-29(22,18-8-4-2-5-9-18)19-10-6-3-7-11-19/h2-11,16,20-21,23,30H,12-15H2,1H3/p+1/t20?,21-,23-/m1/s1. The van der Waals surface area contributed by atoms with Gasteiger partial charge in [-0.2, -0.15) is 0 Å². The van der Waals surface area contributed by atoms with E-state index >= 15 is 0 Å². The number of nitrogens with one attached hydrogen (secondary N) is 1. The maximum atomic E-state index is 12.3. The monoisotopic (exact) mass is 447 g/mol. The number of rotatable bonds is 5. The van der Waals surface area contributed by atoms with Crippen molar-refractivity contribution in [3.63, 3.8) is 0 Å². The molecule has 5 rings (SSSR count). The molecular formula is C25H27N4O4+. The van der Waals surface area contributed by atoms with Gasteiger partial charge in [0.05, 0.1) is 25.2 Å². The highest BCUT2D eigenvalue weighted by Gasteiger charge is 2.46. The Kier molecular flexibility index (Phi) is 5.57. The molecule has 1 saturated heterocycles. The number of para-hydroxylation sites is 2. The second kappa shape index (κ2) is 8.55. The van der Waals surface area contributed by atoms with Crippen molar-refractivity contribution in [2.24, 2.45) is 4.99 Å². The highest BCUT2D eigenvalue weighted by Crippen LogP contribution is 2.40. The minimum atomic E-state index is -0.758. The summed E-state index contributed by atoms with van der Waals surface area (Å²) in [7, 11) is 0. The van der Waals surface area contributed by atoms with Gasteiger partial charge in [0.25, 0.3) is 5.56 Å². The van der Waals surface area contributed by atoms with Crippen LogP contribution in [0.25, 0.3) is 0 Å². The number of aliphatic imine (C=N–C) groups is 1. The molecule has 3 atom stereocenters. The minimum Gasteiger partial charge on any atom is -0.390 e. The summed E-state index contributed by atoms with van der Waals surface area (Å²) in [6, 6.07) is 20.5. The van der Waals surface area contributed by atoms with Gasteiger partial charge >= 0.3 is 5.69 Å². The van der Waals surface area contributed by atoms with E-state index in [0.29, 0.717) is 23.0 Å². The first kappa shape index (κ1) is 21.5. The van der Waals surface area contributed by atoms with Gasteiger partial charge in [-0.1, -0.05) is 36.4 Å². The zero-order valence-electron chi connectivity index (χ0n) is 18.4. The minimum absolute atomic E-state index is 0.264. The predicted molar refractivity (Wildman–Crippen MR) is 127 cm³/mol. The van der Waals surface area contributed by atoms with Crippen LogP contribution in [-0.4, -0.2) is 45.8 Å². The second-order valence-electron chi connectivity index (χ2n) is 8.62. The number of nitrogens with zero attached hydrogens (tertiary/aromatic N) is 3. The number of aliphatic hydroxyl groups is 1. The van der Waals surface area contributed by atoms with Crippen molar-refractivity contribution in [1.82, 2.24) is 14.0 Å². The van der Waals surface area contributed by atoms with Crippen LogP contribution in [-0.2, 0) is 4.74 Å². The highest BCUT2D eigenvalue weighted by molar-refractivity contribution is 6.00. The van der Waals surface area contributed by atoms with E-state index in [9.17, 15) is 14.7 Å². The Hall–Kier alpha value is -3.33. The Morgan fingerprint density at radius 2 is 1.73 bits per heavy atom. The van der Waals surface area contributed by atoms with Crippen LogP contribution >= 0.6 is 0 Å². The average molecular weight is 448 g/mol. The van der Waals surface area contributed by atoms with Gasteiger partial charge in [-0.3, -0.25) is 14.3 Å². The molecule has 2 aromatic carbocycles. The maximum absolute atomic E-state index is 12.3. The number of amidine groups is 1.